The molecule has 3 aromatic rings. The van der Waals surface area contributed by atoms with E-state index in [2.05, 4.69) is 0 Å². The standard InChI is InChI=1S/C20H22ClN3O3.ClH/c21-16-6-7-17-18(14-16)27-20(26)24(17)12-9-19(25)23(13-10-22)11-8-15-4-2-1-3-5-15;/h1-7,14H,8-13,22H2;1H. The molecule has 150 valence electrons. The number of hydrogen-bond donors (Lipinski definition) is 1. The lowest BCUT2D eigenvalue weighted by molar-refractivity contribution is -0.131. The second-order valence-electron chi connectivity index (χ2n) is 6.29. The zero-order valence-corrected chi connectivity index (χ0v) is 16.9. The van der Waals surface area contributed by atoms with Crippen molar-refractivity contribution in [1.29, 1.82) is 0 Å². The average Bonchev–Trinajstić information content (AvgIpc) is 2.98. The number of aromatic nitrogens is 1. The fourth-order valence-corrected chi connectivity index (χ4v) is 3.21. The van der Waals surface area contributed by atoms with Crippen molar-refractivity contribution >= 4 is 41.0 Å². The first-order valence-corrected chi connectivity index (χ1v) is 9.27. The normalized spacial score (nSPS) is 10.6. The SMILES string of the molecule is Cl.NCCN(CCc1ccccc1)C(=O)CCn1c(=O)oc2cc(Cl)ccc21. The van der Waals surface area contributed by atoms with Crippen LogP contribution in [0.5, 0.6) is 0 Å². The Morgan fingerprint density at radius 1 is 1.14 bits per heavy atom. The lowest BCUT2D eigenvalue weighted by Crippen LogP contribution is -2.37. The molecule has 0 atom stereocenters. The highest BCUT2D eigenvalue weighted by Crippen LogP contribution is 2.18. The summed E-state index contributed by atoms with van der Waals surface area (Å²) in [6.45, 7) is 1.73. The number of nitrogens with two attached hydrogens (primary N) is 1. The highest BCUT2D eigenvalue weighted by atomic mass is 35.5. The number of oxazole rings is 1. The van der Waals surface area contributed by atoms with Crippen LogP contribution < -0.4 is 11.5 Å². The first-order chi connectivity index (χ1) is 13.1. The Morgan fingerprint density at radius 3 is 2.61 bits per heavy atom. The Hall–Kier alpha value is -2.28. The van der Waals surface area contributed by atoms with Crippen molar-refractivity contribution in [3.63, 3.8) is 0 Å². The third kappa shape index (κ3) is 5.38. The molecule has 0 radical (unpaired) electrons. The van der Waals surface area contributed by atoms with Crippen LogP contribution >= 0.6 is 24.0 Å². The third-order valence-electron chi connectivity index (χ3n) is 4.44. The summed E-state index contributed by atoms with van der Waals surface area (Å²) in [5.41, 5.74) is 7.88. The van der Waals surface area contributed by atoms with E-state index >= 15 is 0 Å². The van der Waals surface area contributed by atoms with Crippen molar-refractivity contribution in [2.45, 2.75) is 19.4 Å². The van der Waals surface area contributed by atoms with Crippen LogP contribution in [0.2, 0.25) is 5.02 Å². The van der Waals surface area contributed by atoms with Crippen molar-refractivity contribution in [3.8, 4) is 0 Å². The van der Waals surface area contributed by atoms with Gasteiger partial charge in [0.1, 0.15) is 0 Å². The Balaban J connectivity index is 0.00000280. The molecule has 0 aliphatic carbocycles. The molecule has 0 unspecified atom stereocenters. The maximum Gasteiger partial charge on any atom is 0.419 e. The van der Waals surface area contributed by atoms with Crippen LogP contribution in [0.3, 0.4) is 0 Å². The van der Waals surface area contributed by atoms with Crippen LogP contribution in [-0.4, -0.2) is 35.0 Å². The van der Waals surface area contributed by atoms with Gasteiger partial charge in [0.05, 0.1) is 5.52 Å². The van der Waals surface area contributed by atoms with Crippen molar-refractivity contribution in [1.82, 2.24) is 9.47 Å². The highest BCUT2D eigenvalue weighted by Gasteiger charge is 2.15. The van der Waals surface area contributed by atoms with Crippen molar-refractivity contribution < 1.29 is 9.21 Å². The van der Waals surface area contributed by atoms with Gasteiger partial charge in [-0.3, -0.25) is 9.36 Å². The molecular formula is C20H23Cl2N3O3. The summed E-state index contributed by atoms with van der Waals surface area (Å²) in [5, 5.41) is 0.495. The number of carbonyl (C=O) groups excluding carboxylic acids is 1. The Labute approximate surface area is 174 Å². The van der Waals surface area contributed by atoms with E-state index in [-0.39, 0.29) is 31.3 Å². The molecule has 0 saturated carbocycles. The van der Waals surface area contributed by atoms with Gasteiger partial charge >= 0.3 is 5.76 Å². The minimum Gasteiger partial charge on any atom is -0.408 e. The van der Waals surface area contributed by atoms with Crippen LogP contribution in [0.15, 0.2) is 57.7 Å². The number of aryl methyl sites for hydroxylation is 1. The predicted molar refractivity (Wildman–Crippen MR) is 113 cm³/mol. The summed E-state index contributed by atoms with van der Waals surface area (Å²) >= 11 is 5.93. The molecule has 6 nitrogen and oxygen atoms in total. The number of fused-ring (bicyclic) bond motifs is 1. The molecule has 0 bridgehead atoms. The molecule has 0 aliphatic heterocycles. The van der Waals surface area contributed by atoms with Crippen LogP contribution in [0.4, 0.5) is 0 Å². The second kappa shape index (κ2) is 10.3. The van der Waals surface area contributed by atoms with E-state index < -0.39 is 5.76 Å². The van der Waals surface area contributed by atoms with E-state index in [0.29, 0.717) is 35.8 Å². The number of halogens is 2. The molecule has 28 heavy (non-hydrogen) atoms. The van der Waals surface area contributed by atoms with Gasteiger partial charge in [0, 0.05) is 43.7 Å². The molecule has 0 saturated heterocycles. The smallest absolute Gasteiger partial charge is 0.408 e. The van der Waals surface area contributed by atoms with Crippen molar-refractivity contribution in [3.05, 3.63) is 69.7 Å². The monoisotopic (exact) mass is 423 g/mol. The first kappa shape index (κ1) is 22.0. The van der Waals surface area contributed by atoms with Gasteiger partial charge in [-0.2, -0.15) is 0 Å². The fraction of sp³-hybridized carbons (Fsp3) is 0.300. The summed E-state index contributed by atoms with van der Waals surface area (Å²) in [5.74, 6) is -0.527. The molecule has 1 aromatic heterocycles. The second-order valence-corrected chi connectivity index (χ2v) is 6.72. The van der Waals surface area contributed by atoms with Crippen LogP contribution in [0, 0.1) is 0 Å². The molecule has 8 heteroatoms. The number of rotatable bonds is 8. The minimum atomic E-state index is -0.491. The molecule has 3 rings (SSSR count). The summed E-state index contributed by atoms with van der Waals surface area (Å²) in [4.78, 5) is 26.5. The number of hydrogen-bond acceptors (Lipinski definition) is 4. The largest absolute Gasteiger partial charge is 0.419 e. The third-order valence-corrected chi connectivity index (χ3v) is 4.68. The Bertz CT molecular complexity index is 970. The molecule has 2 aromatic carbocycles. The minimum absolute atomic E-state index is 0. The number of carbonyl (C=O) groups is 1. The Kier molecular flexibility index (Phi) is 8.11. The maximum atomic E-state index is 12.7. The molecule has 1 amide bonds. The molecule has 0 aliphatic rings. The van der Waals surface area contributed by atoms with Crippen LogP contribution in [0.25, 0.3) is 11.1 Å². The predicted octanol–water partition coefficient (Wildman–Crippen LogP) is 3.09. The number of nitrogens with zero attached hydrogens (tertiary/aromatic N) is 2. The number of amides is 1. The quantitative estimate of drug-likeness (QED) is 0.603. The van der Waals surface area contributed by atoms with Crippen LogP contribution in [0.1, 0.15) is 12.0 Å². The molecule has 0 fully saturated rings. The van der Waals surface area contributed by atoms with Gasteiger partial charge < -0.3 is 15.1 Å². The summed E-state index contributed by atoms with van der Waals surface area (Å²) in [6.07, 6.45) is 0.964. The molecule has 0 spiro atoms. The topological polar surface area (TPSA) is 81.5 Å². The van der Waals surface area contributed by atoms with Crippen molar-refractivity contribution in [2.75, 3.05) is 19.6 Å². The van der Waals surface area contributed by atoms with E-state index in [1.165, 1.54) is 10.1 Å². The zero-order chi connectivity index (χ0) is 19.2. The van der Waals surface area contributed by atoms with Gasteiger partial charge in [-0.1, -0.05) is 41.9 Å². The first-order valence-electron chi connectivity index (χ1n) is 8.89. The average molecular weight is 424 g/mol. The lowest BCUT2D eigenvalue weighted by atomic mass is 10.1. The summed E-state index contributed by atoms with van der Waals surface area (Å²) < 4.78 is 6.66. The maximum absolute atomic E-state index is 12.7. The van der Waals surface area contributed by atoms with E-state index in [9.17, 15) is 9.59 Å². The van der Waals surface area contributed by atoms with Gasteiger partial charge in [0.25, 0.3) is 0 Å². The molecule has 2 N–H and O–H groups in total. The van der Waals surface area contributed by atoms with Gasteiger partial charge in [-0.15, -0.1) is 12.4 Å². The summed E-state index contributed by atoms with van der Waals surface area (Å²) in [6, 6.07) is 15.0. The zero-order valence-electron chi connectivity index (χ0n) is 15.3. The number of benzene rings is 2. The Morgan fingerprint density at radius 2 is 1.89 bits per heavy atom. The van der Waals surface area contributed by atoms with E-state index in [4.69, 9.17) is 21.8 Å². The fourth-order valence-electron chi connectivity index (χ4n) is 3.04. The van der Waals surface area contributed by atoms with E-state index in [0.717, 1.165) is 6.42 Å². The van der Waals surface area contributed by atoms with Crippen molar-refractivity contribution in [2.24, 2.45) is 5.73 Å². The van der Waals surface area contributed by atoms with E-state index in [1.54, 1.807) is 23.1 Å². The molecular weight excluding hydrogens is 401 g/mol. The van der Waals surface area contributed by atoms with Gasteiger partial charge in [-0.05, 0) is 24.1 Å². The lowest BCUT2D eigenvalue weighted by Gasteiger charge is -2.22. The van der Waals surface area contributed by atoms with Gasteiger partial charge in [0.15, 0.2) is 5.58 Å². The van der Waals surface area contributed by atoms with Gasteiger partial charge in [0.2, 0.25) is 5.91 Å². The molecule has 1 heterocycles. The van der Waals surface area contributed by atoms with Crippen LogP contribution in [-0.2, 0) is 17.8 Å². The van der Waals surface area contributed by atoms with E-state index in [1.807, 2.05) is 30.3 Å². The van der Waals surface area contributed by atoms with Gasteiger partial charge in [-0.25, -0.2) is 4.79 Å². The highest BCUT2D eigenvalue weighted by molar-refractivity contribution is 6.31. The summed E-state index contributed by atoms with van der Waals surface area (Å²) in [7, 11) is 0.